The van der Waals surface area contributed by atoms with Crippen molar-refractivity contribution in [3.05, 3.63) is 11.6 Å². The summed E-state index contributed by atoms with van der Waals surface area (Å²) < 4.78 is 0. The van der Waals surface area contributed by atoms with Gasteiger partial charge in [0.15, 0.2) is 0 Å². The normalized spacial score (nSPS) is 52.2. The summed E-state index contributed by atoms with van der Waals surface area (Å²) >= 11 is 0. The Kier molecular flexibility index (Phi) is 3.58. The summed E-state index contributed by atoms with van der Waals surface area (Å²) in [5.74, 6) is 3.00. The largest absolute Gasteiger partial charge is 0.393 e. The lowest BCUT2D eigenvalue weighted by molar-refractivity contribution is -0.127. The molecule has 0 aliphatic heterocycles. The summed E-state index contributed by atoms with van der Waals surface area (Å²) in [5, 5.41) is 10.1. The predicted molar refractivity (Wildman–Crippen MR) is 91.9 cm³/mol. The Morgan fingerprint density at radius 1 is 1.13 bits per heavy atom. The zero-order valence-corrected chi connectivity index (χ0v) is 15.0. The van der Waals surface area contributed by atoms with Crippen molar-refractivity contribution in [3.8, 4) is 0 Å². The van der Waals surface area contributed by atoms with Crippen molar-refractivity contribution < 1.29 is 9.90 Å². The Labute approximate surface area is 140 Å². The van der Waals surface area contributed by atoms with E-state index in [1.165, 1.54) is 25.7 Å². The molecule has 0 saturated heterocycles. The van der Waals surface area contributed by atoms with Gasteiger partial charge in [-0.3, -0.25) is 4.79 Å². The Morgan fingerprint density at radius 3 is 2.65 bits per heavy atom. The molecule has 0 heterocycles. The van der Waals surface area contributed by atoms with E-state index in [4.69, 9.17) is 0 Å². The third kappa shape index (κ3) is 2.13. The quantitative estimate of drug-likeness (QED) is 0.722. The number of fused-ring (bicyclic) bond motifs is 5. The summed E-state index contributed by atoms with van der Waals surface area (Å²) in [5.41, 5.74) is 2.11. The number of hydrogen-bond donors (Lipinski definition) is 1. The van der Waals surface area contributed by atoms with Crippen LogP contribution < -0.4 is 0 Å². The molecule has 0 radical (unpaired) electrons. The van der Waals surface area contributed by atoms with Crippen LogP contribution in [0.4, 0.5) is 0 Å². The maximum atomic E-state index is 12.2. The van der Waals surface area contributed by atoms with Gasteiger partial charge in [-0.2, -0.15) is 0 Å². The topological polar surface area (TPSA) is 37.3 Å². The zero-order chi connectivity index (χ0) is 16.4. The van der Waals surface area contributed by atoms with E-state index in [-0.39, 0.29) is 11.5 Å². The second kappa shape index (κ2) is 5.18. The molecule has 0 amide bonds. The number of rotatable bonds is 1. The van der Waals surface area contributed by atoms with Gasteiger partial charge in [-0.1, -0.05) is 25.5 Å². The van der Waals surface area contributed by atoms with E-state index in [9.17, 15) is 9.90 Å². The monoisotopic (exact) mass is 316 g/mol. The van der Waals surface area contributed by atoms with E-state index in [1.807, 2.05) is 6.92 Å². The molecular weight excluding hydrogens is 284 g/mol. The first-order valence-electron chi connectivity index (χ1n) is 9.74. The fraction of sp³-hybridized carbons (Fsp3) is 0.857. The minimum Gasteiger partial charge on any atom is -0.393 e. The number of carbonyl (C=O) groups excluding carboxylic acids is 1. The summed E-state index contributed by atoms with van der Waals surface area (Å²) in [4.78, 5) is 12.2. The van der Waals surface area contributed by atoms with Crippen LogP contribution in [0.25, 0.3) is 0 Å². The summed E-state index contributed by atoms with van der Waals surface area (Å²) in [7, 11) is 0. The van der Waals surface area contributed by atoms with Gasteiger partial charge in [0.25, 0.3) is 0 Å². The third-order valence-electron chi connectivity index (χ3n) is 8.57. The number of aliphatic hydroxyl groups is 1. The molecule has 0 aromatic heterocycles. The molecule has 7 atom stereocenters. The van der Waals surface area contributed by atoms with Crippen LogP contribution in [-0.2, 0) is 4.79 Å². The maximum absolute atomic E-state index is 12.2. The van der Waals surface area contributed by atoms with Crippen molar-refractivity contribution >= 4 is 5.78 Å². The number of aliphatic hydroxyl groups excluding tert-OH is 1. The van der Waals surface area contributed by atoms with Crippen molar-refractivity contribution in [2.45, 2.75) is 78.2 Å². The van der Waals surface area contributed by atoms with Gasteiger partial charge < -0.3 is 5.11 Å². The molecule has 4 rings (SSSR count). The molecule has 23 heavy (non-hydrogen) atoms. The number of Topliss-reactive ketones (excluding diaryl/α,β-unsaturated/α-hetero) is 1. The van der Waals surface area contributed by atoms with Gasteiger partial charge in [0.2, 0.25) is 0 Å². The summed E-state index contributed by atoms with van der Waals surface area (Å²) in [6.07, 6.45) is 11.5. The maximum Gasteiger partial charge on any atom is 0.133 e. The van der Waals surface area contributed by atoms with Crippen molar-refractivity contribution in [1.29, 1.82) is 0 Å². The molecule has 1 N–H and O–H groups in total. The van der Waals surface area contributed by atoms with Gasteiger partial charge in [-0.15, -0.1) is 0 Å². The Morgan fingerprint density at radius 2 is 1.91 bits per heavy atom. The first-order chi connectivity index (χ1) is 10.9. The zero-order valence-electron chi connectivity index (χ0n) is 15.0. The Balaban J connectivity index is 1.66. The van der Waals surface area contributed by atoms with E-state index in [2.05, 4.69) is 19.9 Å². The van der Waals surface area contributed by atoms with Crippen molar-refractivity contribution in [3.63, 3.8) is 0 Å². The lowest BCUT2D eigenvalue weighted by Crippen LogP contribution is -2.50. The standard InChI is InChI=1S/C21H32O2/c1-13(22)17-6-7-18-16-5-4-14-12-15(23)8-10-20(14,2)19(16)9-11-21(17,18)3/h4,15-19,23H,5-12H2,1-3H3/t15?,16?,17-,18?,19?,20?,21?/m1/s1. The summed E-state index contributed by atoms with van der Waals surface area (Å²) in [6.45, 7) is 6.70. The second-order valence-electron chi connectivity index (χ2n) is 9.44. The van der Waals surface area contributed by atoms with Gasteiger partial charge in [0.05, 0.1) is 6.10 Å². The fourth-order valence-corrected chi connectivity index (χ4v) is 7.31. The van der Waals surface area contributed by atoms with Crippen LogP contribution in [-0.4, -0.2) is 17.0 Å². The van der Waals surface area contributed by atoms with Gasteiger partial charge in [0, 0.05) is 5.92 Å². The Hall–Kier alpha value is -0.630. The van der Waals surface area contributed by atoms with Crippen molar-refractivity contribution in [1.82, 2.24) is 0 Å². The van der Waals surface area contributed by atoms with Crippen LogP contribution in [0, 0.1) is 34.5 Å². The van der Waals surface area contributed by atoms with E-state index in [1.54, 1.807) is 5.57 Å². The molecule has 4 aliphatic carbocycles. The lowest BCUT2D eigenvalue weighted by Gasteiger charge is -2.57. The van der Waals surface area contributed by atoms with Crippen LogP contribution in [0.1, 0.15) is 72.1 Å². The summed E-state index contributed by atoms with van der Waals surface area (Å²) in [6, 6.07) is 0. The van der Waals surface area contributed by atoms with E-state index < -0.39 is 0 Å². The molecule has 0 spiro atoms. The average molecular weight is 316 g/mol. The highest BCUT2D eigenvalue weighted by Gasteiger charge is 2.59. The van der Waals surface area contributed by atoms with Crippen molar-refractivity contribution in [2.24, 2.45) is 34.5 Å². The average Bonchev–Trinajstić information content (AvgIpc) is 2.85. The van der Waals surface area contributed by atoms with Crippen LogP contribution in [0.5, 0.6) is 0 Å². The molecule has 3 fully saturated rings. The smallest absolute Gasteiger partial charge is 0.133 e. The van der Waals surface area contributed by atoms with Gasteiger partial charge in [-0.05, 0) is 86.9 Å². The highest BCUT2D eigenvalue weighted by atomic mass is 16.3. The van der Waals surface area contributed by atoms with Crippen LogP contribution in [0.15, 0.2) is 11.6 Å². The minimum atomic E-state index is -0.117. The van der Waals surface area contributed by atoms with Gasteiger partial charge >= 0.3 is 0 Å². The SMILES string of the molecule is CC(=O)[C@H]1CCC2C3CC=C4CC(O)CCC4(C)C3CCC21C. The molecule has 6 unspecified atom stereocenters. The number of allylic oxidation sites excluding steroid dienone is 1. The molecule has 0 aromatic carbocycles. The highest BCUT2D eigenvalue weighted by molar-refractivity contribution is 5.79. The number of hydrogen-bond acceptors (Lipinski definition) is 2. The van der Waals surface area contributed by atoms with Gasteiger partial charge in [-0.25, -0.2) is 0 Å². The molecule has 2 heteroatoms. The molecular formula is C21H32O2. The van der Waals surface area contributed by atoms with E-state index in [0.29, 0.717) is 17.1 Å². The number of ketones is 1. The van der Waals surface area contributed by atoms with E-state index in [0.717, 1.165) is 43.4 Å². The van der Waals surface area contributed by atoms with Crippen LogP contribution in [0.3, 0.4) is 0 Å². The third-order valence-corrected chi connectivity index (χ3v) is 8.57. The first-order valence-corrected chi connectivity index (χ1v) is 9.74. The van der Waals surface area contributed by atoms with Crippen molar-refractivity contribution in [2.75, 3.05) is 0 Å². The molecule has 128 valence electrons. The predicted octanol–water partition coefficient (Wildman–Crippen LogP) is 4.52. The molecule has 4 aliphatic rings. The molecule has 2 nitrogen and oxygen atoms in total. The molecule has 0 bridgehead atoms. The molecule has 0 aromatic rings. The van der Waals surface area contributed by atoms with Crippen LogP contribution in [0.2, 0.25) is 0 Å². The number of carbonyl (C=O) groups is 1. The minimum absolute atomic E-state index is 0.117. The van der Waals surface area contributed by atoms with E-state index >= 15 is 0 Å². The Bertz CT molecular complexity index is 550. The fourth-order valence-electron chi connectivity index (χ4n) is 7.31. The second-order valence-corrected chi connectivity index (χ2v) is 9.44. The van der Waals surface area contributed by atoms with Gasteiger partial charge in [0.1, 0.15) is 5.78 Å². The molecule has 3 saturated carbocycles. The van der Waals surface area contributed by atoms with Crippen LogP contribution >= 0.6 is 0 Å². The highest BCUT2D eigenvalue weighted by Crippen LogP contribution is 2.66. The first kappa shape index (κ1) is 15.9. The lowest BCUT2D eigenvalue weighted by atomic mass is 9.47.